The van der Waals surface area contributed by atoms with Gasteiger partial charge in [0, 0.05) is 50.4 Å². The van der Waals surface area contributed by atoms with Crippen molar-refractivity contribution in [1.29, 1.82) is 0 Å². The van der Waals surface area contributed by atoms with E-state index in [4.69, 9.17) is 0 Å². The number of amides is 2. The first-order chi connectivity index (χ1) is 12.7. The molecule has 2 aliphatic rings. The molecule has 148 valence electrons. The monoisotopic (exact) mass is 372 g/mol. The Balaban J connectivity index is 1.67. The van der Waals surface area contributed by atoms with Crippen molar-refractivity contribution < 1.29 is 9.59 Å². The van der Waals surface area contributed by atoms with Crippen LogP contribution in [0.2, 0.25) is 0 Å². The summed E-state index contributed by atoms with van der Waals surface area (Å²) in [6.45, 7) is 11.2. The first kappa shape index (κ1) is 19.8. The number of nitrogens with zero attached hydrogens (tertiary/aromatic N) is 4. The standard InChI is InChI=1S/C21H32N4O2/c1-21(2,3)25-13-16-7-6-8-17(18(16)14-25)20(27)24-11-9-23(10-12-24)19(26)15-22(4)5/h6-8H,9-15H2,1-5H3. The highest BCUT2D eigenvalue weighted by Gasteiger charge is 2.32. The van der Waals surface area contributed by atoms with Crippen molar-refractivity contribution in [3.8, 4) is 0 Å². The predicted molar refractivity (Wildman–Crippen MR) is 106 cm³/mol. The SMILES string of the molecule is CN(C)CC(=O)N1CCN(C(=O)c2cccc3c2CN(C(C)(C)C)C3)CC1. The second-order valence-corrected chi connectivity index (χ2v) is 8.88. The Kier molecular flexibility index (Phi) is 5.58. The van der Waals surface area contributed by atoms with Gasteiger partial charge in [-0.05, 0) is 52.1 Å². The molecule has 1 saturated heterocycles. The zero-order valence-corrected chi connectivity index (χ0v) is 17.3. The molecule has 6 heteroatoms. The van der Waals surface area contributed by atoms with Crippen LogP contribution in [0.3, 0.4) is 0 Å². The van der Waals surface area contributed by atoms with Gasteiger partial charge < -0.3 is 14.7 Å². The molecule has 27 heavy (non-hydrogen) atoms. The number of fused-ring (bicyclic) bond motifs is 1. The van der Waals surface area contributed by atoms with E-state index in [2.05, 4.69) is 31.7 Å². The van der Waals surface area contributed by atoms with Crippen LogP contribution in [0.25, 0.3) is 0 Å². The van der Waals surface area contributed by atoms with Gasteiger partial charge in [0.05, 0.1) is 6.54 Å². The molecule has 2 heterocycles. The van der Waals surface area contributed by atoms with E-state index in [1.54, 1.807) is 0 Å². The molecule has 1 aromatic carbocycles. The van der Waals surface area contributed by atoms with E-state index in [9.17, 15) is 9.59 Å². The number of piperazine rings is 1. The van der Waals surface area contributed by atoms with Crippen molar-refractivity contribution in [1.82, 2.24) is 19.6 Å². The van der Waals surface area contributed by atoms with E-state index in [1.165, 1.54) is 11.1 Å². The molecular weight excluding hydrogens is 340 g/mol. The van der Waals surface area contributed by atoms with Gasteiger partial charge in [-0.25, -0.2) is 0 Å². The van der Waals surface area contributed by atoms with Gasteiger partial charge in [0.15, 0.2) is 0 Å². The van der Waals surface area contributed by atoms with E-state index >= 15 is 0 Å². The Morgan fingerprint density at radius 1 is 1.00 bits per heavy atom. The minimum Gasteiger partial charge on any atom is -0.338 e. The first-order valence-corrected chi connectivity index (χ1v) is 9.74. The number of carbonyl (C=O) groups excluding carboxylic acids is 2. The minimum absolute atomic E-state index is 0.0811. The van der Waals surface area contributed by atoms with Crippen LogP contribution in [-0.2, 0) is 17.9 Å². The Labute approximate surface area is 162 Å². The smallest absolute Gasteiger partial charge is 0.254 e. The van der Waals surface area contributed by atoms with Gasteiger partial charge in [0.25, 0.3) is 5.91 Å². The summed E-state index contributed by atoms with van der Waals surface area (Å²) in [7, 11) is 3.79. The fraction of sp³-hybridized carbons (Fsp3) is 0.619. The summed E-state index contributed by atoms with van der Waals surface area (Å²) in [5, 5.41) is 0. The molecule has 0 saturated carbocycles. The number of hydrogen-bond donors (Lipinski definition) is 0. The largest absolute Gasteiger partial charge is 0.338 e. The highest BCUT2D eigenvalue weighted by molar-refractivity contribution is 5.96. The summed E-state index contributed by atoms with van der Waals surface area (Å²) in [5.74, 6) is 0.232. The molecule has 3 rings (SSSR count). The summed E-state index contributed by atoms with van der Waals surface area (Å²) in [4.78, 5) is 33.4. The van der Waals surface area contributed by atoms with Gasteiger partial charge in [-0.1, -0.05) is 12.1 Å². The molecule has 0 aliphatic carbocycles. The Hall–Kier alpha value is -1.92. The van der Waals surface area contributed by atoms with Crippen LogP contribution in [0.4, 0.5) is 0 Å². The molecule has 2 aliphatic heterocycles. The van der Waals surface area contributed by atoms with Crippen LogP contribution < -0.4 is 0 Å². The van der Waals surface area contributed by atoms with Crippen molar-refractivity contribution in [3.63, 3.8) is 0 Å². The molecule has 0 unspecified atom stereocenters. The first-order valence-electron chi connectivity index (χ1n) is 9.74. The molecule has 0 radical (unpaired) electrons. The molecule has 0 spiro atoms. The molecule has 0 atom stereocenters. The average molecular weight is 373 g/mol. The molecular formula is C21H32N4O2. The van der Waals surface area contributed by atoms with E-state index in [-0.39, 0.29) is 17.4 Å². The predicted octanol–water partition coefficient (Wildman–Crippen LogP) is 1.65. The summed E-state index contributed by atoms with van der Waals surface area (Å²) in [6, 6.07) is 6.09. The quantitative estimate of drug-likeness (QED) is 0.809. The Bertz CT molecular complexity index is 715. The maximum atomic E-state index is 13.2. The van der Waals surface area contributed by atoms with Crippen molar-refractivity contribution in [3.05, 3.63) is 34.9 Å². The second kappa shape index (κ2) is 7.60. The average Bonchev–Trinajstić information content (AvgIpc) is 3.05. The van der Waals surface area contributed by atoms with E-state index < -0.39 is 0 Å². The lowest BCUT2D eigenvalue weighted by molar-refractivity contribution is -0.133. The van der Waals surface area contributed by atoms with E-state index in [0.29, 0.717) is 32.7 Å². The normalized spacial score (nSPS) is 18.1. The van der Waals surface area contributed by atoms with E-state index in [1.807, 2.05) is 40.9 Å². The van der Waals surface area contributed by atoms with Gasteiger partial charge in [-0.15, -0.1) is 0 Å². The molecule has 2 amide bonds. The highest BCUT2D eigenvalue weighted by atomic mass is 16.2. The van der Waals surface area contributed by atoms with Crippen molar-refractivity contribution in [2.75, 3.05) is 46.8 Å². The summed E-state index contributed by atoms with van der Waals surface area (Å²) in [6.07, 6.45) is 0. The molecule has 0 bridgehead atoms. The number of carbonyl (C=O) groups is 2. The van der Waals surface area contributed by atoms with Crippen molar-refractivity contribution in [2.45, 2.75) is 39.4 Å². The third-order valence-corrected chi connectivity index (χ3v) is 5.53. The molecule has 6 nitrogen and oxygen atoms in total. The fourth-order valence-electron chi connectivity index (χ4n) is 3.80. The number of likely N-dealkylation sites (N-methyl/N-ethyl adjacent to an activating group) is 1. The van der Waals surface area contributed by atoms with E-state index in [0.717, 1.165) is 18.7 Å². The van der Waals surface area contributed by atoms with Crippen LogP contribution in [-0.4, -0.2) is 83.8 Å². The maximum Gasteiger partial charge on any atom is 0.254 e. The zero-order chi connectivity index (χ0) is 19.8. The van der Waals surface area contributed by atoms with Crippen molar-refractivity contribution >= 4 is 11.8 Å². The van der Waals surface area contributed by atoms with Crippen LogP contribution in [0.5, 0.6) is 0 Å². The third-order valence-electron chi connectivity index (χ3n) is 5.53. The second-order valence-electron chi connectivity index (χ2n) is 8.88. The lowest BCUT2D eigenvalue weighted by Gasteiger charge is -2.35. The highest BCUT2D eigenvalue weighted by Crippen LogP contribution is 2.31. The summed E-state index contributed by atoms with van der Waals surface area (Å²) < 4.78 is 0. The fourth-order valence-corrected chi connectivity index (χ4v) is 3.80. The van der Waals surface area contributed by atoms with Crippen LogP contribution in [0.1, 0.15) is 42.3 Å². The zero-order valence-electron chi connectivity index (χ0n) is 17.3. The van der Waals surface area contributed by atoms with Gasteiger partial charge in [-0.3, -0.25) is 14.5 Å². The van der Waals surface area contributed by atoms with Gasteiger partial charge in [0.2, 0.25) is 5.91 Å². The van der Waals surface area contributed by atoms with Crippen LogP contribution in [0, 0.1) is 0 Å². The third kappa shape index (κ3) is 4.33. The number of benzene rings is 1. The lowest BCUT2D eigenvalue weighted by atomic mass is 10.0. The Morgan fingerprint density at radius 3 is 2.22 bits per heavy atom. The maximum absolute atomic E-state index is 13.2. The number of rotatable bonds is 3. The Morgan fingerprint density at radius 2 is 1.63 bits per heavy atom. The van der Waals surface area contributed by atoms with Gasteiger partial charge >= 0.3 is 0 Å². The van der Waals surface area contributed by atoms with Crippen molar-refractivity contribution in [2.24, 2.45) is 0 Å². The summed E-state index contributed by atoms with van der Waals surface area (Å²) >= 11 is 0. The summed E-state index contributed by atoms with van der Waals surface area (Å²) in [5.41, 5.74) is 3.34. The van der Waals surface area contributed by atoms with Crippen LogP contribution in [0.15, 0.2) is 18.2 Å². The topological polar surface area (TPSA) is 47.1 Å². The van der Waals surface area contributed by atoms with Gasteiger partial charge in [-0.2, -0.15) is 0 Å². The molecule has 1 fully saturated rings. The minimum atomic E-state index is 0.0811. The molecule has 0 N–H and O–H groups in total. The molecule has 1 aromatic rings. The number of hydrogen-bond acceptors (Lipinski definition) is 4. The van der Waals surface area contributed by atoms with Gasteiger partial charge in [0.1, 0.15) is 0 Å². The van der Waals surface area contributed by atoms with Crippen LogP contribution >= 0.6 is 0 Å². The lowest BCUT2D eigenvalue weighted by Crippen LogP contribution is -2.52. The molecule has 0 aromatic heterocycles.